The van der Waals surface area contributed by atoms with Gasteiger partial charge in [-0.1, -0.05) is 0 Å². The van der Waals surface area contributed by atoms with E-state index < -0.39 is 10.0 Å². The normalized spacial score (nSPS) is 11.2. The second-order valence-electron chi connectivity index (χ2n) is 3.21. The summed E-state index contributed by atoms with van der Waals surface area (Å²) in [5, 5.41) is 7.51. The van der Waals surface area contributed by atoms with Crippen LogP contribution in [0, 0.1) is 0 Å². The largest absolute Gasteiger partial charge is 0.399 e. The highest BCUT2D eigenvalue weighted by molar-refractivity contribution is 8.00. The Morgan fingerprint density at radius 1 is 1.47 bits per heavy atom. The first kappa shape index (κ1) is 13.8. The zero-order valence-corrected chi connectivity index (χ0v) is 10.8. The maximum atomic E-state index is 11.3. The van der Waals surface area contributed by atoms with Crippen molar-refractivity contribution in [1.29, 1.82) is 0 Å². The summed E-state index contributed by atoms with van der Waals surface area (Å²) in [6.45, 7) is 0. The maximum Gasteiger partial charge on any atom is 0.239 e. The number of thioether (sulfide) groups is 1. The Labute approximate surface area is 104 Å². The van der Waals surface area contributed by atoms with Gasteiger partial charge >= 0.3 is 0 Å². The number of carbonyl (C=O) groups excluding carboxylic acids is 1. The molecule has 0 bridgehead atoms. The van der Waals surface area contributed by atoms with Gasteiger partial charge < -0.3 is 11.1 Å². The molecule has 17 heavy (non-hydrogen) atoms. The van der Waals surface area contributed by atoms with Crippen LogP contribution in [0.15, 0.2) is 28.0 Å². The standard InChI is InChI=1S/C9H13N3O3S2/c1-12-9(13)5-16-7-3-2-6(10)4-8(7)17(11,14)15/h2-4H,5,10H2,1H3,(H,12,13)(H2,11,14,15). The molecule has 0 radical (unpaired) electrons. The fourth-order valence-corrected chi connectivity index (χ4v) is 3.05. The van der Waals surface area contributed by atoms with Crippen molar-refractivity contribution in [2.75, 3.05) is 18.5 Å². The van der Waals surface area contributed by atoms with E-state index in [0.717, 1.165) is 11.8 Å². The van der Waals surface area contributed by atoms with Crippen LogP contribution in [0.5, 0.6) is 0 Å². The van der Waals surface area contributed by atoms with Crippen molar-refractivity contribution in [2.45, 2.75) is 9.79 Å². The summed E-state index contributed by atoms with van der Waals surface area (Å²) in [5.74, 6) is -0.0876. The molecule has 1 rings (SSSR count). The average Bonchev–Trinajstić information content (AvgIpc) is 2.25. The van der Waals surface area contributed by atoms with Gasteiger partial charge in [0.05, 0.1) is 10.6 Å². The molecule has 0 aromatic heterocycles. The Kier molecular flexibility index (Phi) is 4.38. The van der Waals surface area contributed by atoms with E-state index in [1.807, 2.05) is 0 Å². The van der Waals surface area contributed by atoms with Crippen LogP contribution in [-0.2, 0) is 14.8 Å². The number of carbonyl (C=O) groups is 1. The highest BCUT2D eigenvalue weighted by atomic mass is 32.2. The van der Waals surface area contributed by atoms with Crippen LogP contribution in [0.3, 0.4) is 0 Å². The molecule has 0 fully saturated rings. The SMILES string of the molecule is CNC(=O)CSc1ccc(N)cc1S(N)(=O)=O. The van der Waals surface area contributed by atoms with Gasteiger partial charge in [0.2, 0.25) is 15.9 Å². The van der Waals surface area contributed by atoms with Crippen molar-refractivity contribution in [3.8, 4) is 0 Å². The molecule has 1 aromatic rings. The van der Waals surface area contributed by atoms with Gasteiger partial charge in [-0.05, 0) is 18.2 Å². The summed E-state index contributed by atoms with van der Waals surface area (Å²) in [4.78, 5) is 11.4. The Balaban J connectivity index is 3.04. The number of sulfonamides is 1. The lowest BCUT2D eigenvalue weighted by molar-refractivity contribution is -0.118. The van der Waals surface area contributed by atoms with E-state index in [4.69, 9.17) is 10.9 Å². The van der Waals surface area contributed by atoms with E-state index in [0.29, 0.717) is 10.6 Å². The number of primary sulfonamides is 1. The molecule has 8 heteroatoms. The molecule has 0 aliphatic heterocycles. The van der Waals surface area contributed by atoms with Crippen molar-refractivity contribution in [3.05, 3.63) is 18.2 Å². The van der Waals surface area contributed by atoms with Crippen LogP contribution in [0.25, 0.3) is 0 Å². The number of nitrogens with one attached hydrogen (secondary N) is 1. The predicted octanol–water partition coefficient (Wildman–Crippen LogP) is -0.246. The monoisotopic (exact) mass is 275 g/mol. The van der Waals surface area contributed by atoms with Crippen LogP contribution in [-0.4, -0.2) is 27.1 Å². The number of nitrogens with two attached hydrogens (primary N) is 2. The molecule has 0 saturated carbocycles. The van der Waals surface area contributed by atoms with E-state index in [-0.39, 0.29) is 16.6 Å². The summed E-state index contributed by atoms with van der Waals surface area (Å²) >= 11 is 1.09. The lowest BCUT2D eigenvalue weighted by Crippen LogP contribution is -2.20. The van der Waals surface area contributed by atoms with Crippen molar-refractivity contribution in [1.82, 2.24) is 5.32 Å². The molecular weight excluding hydrogens is 262 g/mol. The van der Waals surface area contributed by atoms with Gasteiger partial charge in [0.25, 0.3) is 0 Å². The van der Waals surface area contributed by atoms with E-state index in [2.05, 4.69) is 5.32 Å². The molecule has 1 amide bonds. The molecule has 1 aromatic carbocycles. The number of anilines is 1. The summed E-state index contributed by atoms with van der Waals surface area (Å²) in [5.41, 5.74) is 5.80. The van der Waals surface area contributed by atoms with Crippen LogP contribution in [0.1, 0.15) is 0 Å². The Morgan fingerprint density at radius 2 is 2.12 bits per heavy atom. The van der Waals surface area contributed by atoms with Crippen LogP contribution in [0.4, 0.5) is 5.69 Å². The molecular formula is C9H13N3O3S2. The van der Waals surface area contributed by atoms with E-state index >= 15 is 0 Å². The minimum atomic E-state index is -3.84. The Hall–Kier alpha value is -1.25. The summed E-state index contributed by atoms with van der Waals surface area (Å²) in [6, 6.07) is 4.37. The first-order valence-corrected chi connectivity index (χ1v) is 7.13. The third-order valence-electron chi connectivity index (χ3n) is 1.91. The van der Waals surface area contributed by atoms with E-state index in [1.165, 1.54) is 19.2 Å². The number of rotatable bonds is 4. The number of benzene rings is 1. The Bertz CT molecular complexity index is 528. The molecule has 0 aliphatic rings. The lowest BCUT2D eigenvalue weighted by Gasteiger charge is -2.07. The van der Waals surface area contributed by atoms with Crippen molar-refractivity contribution in [2.24, 2.45) is 5.14 Å². The van der Waals surface area contributed by atoms with Crippen LogP contribution in [0.2, 0.25) is 0 Å². The van der Waals surface area contributed by atoms with E-state index in [9.17, 15) is 13.2 Å². The van der Waals surface area contributed by atoms with Crippen molar-refractivity contribution >= 4 is 33.4 Å². The second-order valence-corrected chi connectivity index (χ2v) is 5.76. The van der Waals surface area contributed by atoms with Crippen molar-refractivity contribution in [3.63, 3.8) is 0 Å². The minimum Gasteiger partial charge on any atom is -0.399 e. The minimum absolute atomic E-state index is 0.0635. The third-order valence-corrected chi connectivity index (χ3v) is 4.07. The maximum absolute atomic E-state index is 11.3. The fourth-order valence-electron chi connectivity index (χ4n) is 1.08. The molecule has 0 spiro atoms. The summed E-state index contributed by atoms with van der Waals surface area (Å²) in [7, 11) is -2.34. The topological polar surface area (TPSA) is 115 Å². The molecule has 0 heterocycles. The number of hydrogen-bond acceptors (Lipinski definition) is 5. The smallest absolute Gasteiger partial charge is 0.239 e. The van der Waals surface area contributed by atoms with E-state index in [1.54, 1.807) is 6.07 Å². The number of amides is 1. The summed E-state index contributed by atoms with van der Waals surface area (Å²) in [6.07, 6.45) is 0. The number of nitrogen functional groups attached to an aromatic ring is 1. The van der Waals surface area contributed by atoms with Gasteiger partial charge in [-0.15, -0.1) is 11.8 Å². The van der Waals surface area contributed by atoms with Gasteiger partial charge in [0.15, 0.2) is 0 Å². The first-order chi connectivity index (χ1) is 7.84. The molecule has 94 valence electrons. The average molecular weight is 275 g/mol. The van der Waals surface area contributed by atoms with Gasteiger partial charge in [0.1, 0.15) is 0 Å². The van der Waals surface area contributed by atoms with Gasteiger partial charge in [0, 0.05) is 17.6 Å². The highest BCUT2D eigenvalue weighted by Gasteiger charge is 2.15. The predicted molar refractivity (Wildman–Crippen MR) is 67.0 cm³/mol. The zero-order valence-electron chi connectivity index (χ0n) is 9.14. The molecule has 0 saturated heterocycles. The molecule has 5 N–H and O–H groups in total. The lowest BCUT2D eigenvalue weighted by atomic mass is 10.3. The van der Waals surface area contributed by atoms with Crippen molar-refractivity contribution < 1.29 is 13.2 Å². The Morgan fingerprint density at radius 3 is 2.65 bits per heavy atom. The van der Waals surface area contributed by atoms with Gasteiger partial charge in [-0.3, -0.25) is 4.79 Å². The fraction of sp³-hybridized carbons (Fsp3) is 0.222. The molecule has 6 nitrogen and oxygen atoms in total. The van der Waals surface area contributed by atoms with Gasteiger partial charge in [-0.2, -0.15) is 0 Å². The first-order valence-electron chi connectivity index (χ1n) is 4.60. The third kappa shape index (κ3) is 3.91. The highest BCUT2D eigenvalue weighted by Crippen LogP contribution is 2.27. The molecule has 0 atom stereocenters. The second kappa shape index (κ2) is 5.39. The van der Waals surface area contributed by atoms with Crippen LogP contribution >= 0.6 is 11.8 Å². The summed E-state index contributed by atoms with van der Waals surface area (Å²) < 4.78 is 22.7. The zero-order chi connectivity index (χ0) is 13.1. The van der Waals surface area contributed by atoms with Crippen LogP contribution < -0.4 is 16.2 Å². The quantitative estimate of drug-likeness (QED) is 0.518. The molecule has 0 aliphatic carbocycles. The molecule has 0 unspecified atom stereocenters. The van der Waals surface area contributed by atoms with Gasteiger partial charge in [-0.25, -0.2) is 13.6 Å². The number of hydrogen-bond donors (Lipinski definition) is 3.